The molecule has 0 aromatic carbocycles. The van der Waals surface area contributed by atoms with Crippen molar-refractivity contribution in [2.24, 2.45) is 16.8 Å². The highest BCUT2D eigenvalue weighted by Gasteiger charge is 2.34. The predicted molar refractivity (Wildman–Crippen MR) is 94.9 cm³/mol. The number of hydrogen-bond donors (Lipinski definition) is 2. The average molecular weight is 332 g/mol. The van der Waals surface area contributed by atoms with E-state index in [1.807, 2.05) is 13.8 Å². The first kappa shape index (κ1) is 16.8. The van der Waals surface area contributed by atoms with Gasteiger partial charge in [-0.2, -0.15) is 5.10 Å². The molecule has 0 saturated heterocycles. The van der Waals surface area contributed by atoms with Crippen LogP contribution in [0, 0.1) is 5.92 Å². The molecule has 1 amide bonds. The molecule has 24 heavy (non-hydrogen) atoms. The molecule has 3 N–H and O–H groups in total. The second kappa shape index (κ2) is 6.83. The third-order valence-electron chi connectivity index (χ3n) is 4.82. The third-order valence-corrected chi connectivity index (χ3v) is 4.82. The Morgan fingerprint density at radius 1 is 1.42 bits per heavy atom. The van der Waals surface area contributed by atoms with E-state index >= 15 is 0 Å². The zero-order chi connectivity index (χ0) is 17.3. The molecule has 7 nitrogen and oxygen atoms in total. The number of rotatable bonds is 5. The summed E-state index contributed by atoms with van der Waals surface area (Å²) in [5.74, 6) is 2.69. The summed E-state index contributed by atoms with van der Waals surface area (Å²) in [4.78, 5) is 22.6. The average Bonchev–Trinajstić information content (AvgIpc) is 3.20. The van der Waals surface area contributed by atoms with Gasteiger partial charge in [-0.15, -0.1) is 0 Å². The van der Waals surface area contributed by atoms with E-state index in [-0.39, 0.29) is 11.8 Å². The van der Waals surface area contributed by atoms with Crippen molar-refractivity contribution in [3.63, 3.8) is 0 Å². The normalized spacial score (nSPS) is 19.5. The Bertz CT molecular complexity index is 629. The van der Waals surface area contributed by atoms with E-state index in [0.717, 1.165) is 25.1 Å². The van der Waals surface area contributed by atoms with Crippen LogP contribution in [0.25, 0.3) is 0 Å². The molecule has 0 spiro atoms. The van der Waals surface area contributed by atoms with Crippen molar-refractivity contribution in [2.45, 2.75) is 58.8 Å². The van der Waals surface area contributed by atoms with Gasteiger partial charge < -0.3 is 15.6 Å². The zero-order valence-electron chi connectivity index (χ0n) is 14.9. The number of aromatic nitrogens is 2. The van der Waals surface area contributed by atoms with E-state index in [4.69, 9.17) is 10.7 Å². The van der Waals surface area contributed by atoms with Crippen molar-refractivity contribution in [1.82, 2.24) is 14.9 Å². The van der Waals surface area contributed by atoms with Crippen molar-refractivity contribution in [1.29, 1.82) is 0 Å². The summed E-state index contributed by atoms with van der Waals surface area (Å²) >= 11 is 0. The van der Waals surface area contributed by atoms with Crippen LogP contribution in [0.1, 0.15) is 75.1 Å². The van der Waals surface area contributed by atoms with Gasteiger partial charge >= 0.3 is 0 Å². The molecule has 132 valence electrons. The summed E-state index contributed by atoms with van der Waals surface area (Å²) in [6.45, 7) is 7.18. The number of nitrogens with one attached hydrogen (secondary N) is 1. The SMILES string of the molecule is CCCN1CN(/N=C(\N)C(C)C)c2nc(C3CCCC3)[nH]c2C1=O. The number of nitrogens with zero attached hydrogens (tertiary/aromatic N) is 4. The minimum atomic E-state index is 0.0122. The van der Waals surface area contributed by atoms with Crippen molar-refractivity contribution < 1.29 is 4.79 Å². The molecule has 1 aliphatic carbocycles. The maximum absolute atomic E-state index is 12.7. The Hall–Kier alpha value is -2.05. The largest absolute Gasteiger partial charge is 0.385 e. The number of fused-ring (bicyclic) bond motifs is 1. The molecule has 1 saturated carbocycles. The number of amides is 1. The van der Waals surface area contributed by atoms with E-state index in [0.29, 0.717) is 36.5 Å². The lowest BCUT2D eigenvalue weighted by Crippen LogP contribution is -2.46. The van der Waals surface area contributed by atoms with Gasteiger partial charge in [0.25, 0.3) is 5.91 Å². The van der Waals surface area contributed by atoms with Gasteiger partial charge in [0.05, 0.1) is 0 Å². The van der Waals surface area contributed by atoms with Gasteiger partial charge in [0.2, 0.25) is 0 Å². The second-order valence-electron chi connectivity index (χ2n) is 7.09. The summed E-state index contributed by atoms with van der Waals surface area (Å²) in [6, 6.07) is 0. The van der Waals surface area contributed by atoms with E-state index in [2.05, 4.69) is 17.0 Å². The molecular weight excluding hydrogens is 304 g/mol. The summed E-state index contributed by atoms with van der Waals surface area (Å²) in [5, 5.41) is 6.31. The van der Waals surface area contributed by atoms with Crippen LogP contribution in [-0.4, -0.2) is 39.8 Å². The predicted octanol–water partition coefficient (Wildman–Crippen LogP) is 2.63. The second-order valence-corrected chi connectivity index (χ2v) is 7.09. The molecule has 0 unspecified atom stereocenters. The number of hydrogen-bond acceptors (Lipinski definition) is 4. The molecule has 7 heteroatoms. The quantitative estimate of drug-likeness (QED) is 0.640. The van der Waals surface area contributed by atoms with E-state index in [1.54, 1.807) is 9.91 Å². The van der Waals surface area contributed by atoms with Gasteiger partial charge in [0.15, 0.2) is 11.5 Å². The highest BCUT2D eigenvalue weighted by molar-refractivity contribution is 5.99. The molecule has 3 rings (SSSR count). The van der Waals surface area contributed by atoms with Crippen LogP contribution in [0.4, 0.5) is 5.82 Å². The fourth-order valence-corrected chi connectivity index (χ4v) is 3.34. The minimum Gasteiger partial charge on any atom is -0.385 e. The summed E-state index contributed by atoms with van der Waals surface area (Å²) in [6.07, 6.45) is 5.64. The Morgan fingerprint density at radius 3 is 2.75 bits per heavy atom. The Labute approximate surface area is 143 Å². The number of amidine groups is 1. The van der Waals surface area contributed by atoms with Crippen LogP contribution >= 0.6 is 0 Å². The van der Waals surface area contributed by atoms with E-state index < -0.39 is 0 Å². The standard InChI is InChI=1S/C17H28N6O/c1-4-9-22-10-23(21-14(18)11(2)3)16-13(17(22)24)19-15(20-16)12-7-5-6-8-12/h11-12H,4-10H2,1-3H3,(H2,18,21)(H,19,20). The molecule has 0 atom stereocenters. The van der Waals surface area contributed by atoms with Crippen LogP contribution in [-0.2, 0) is 0 Å². The molecule has 2 heterocycles. The number of carbonyl (C=O) groups excluding carboxylic acids is 1. The van der Waals surface area contributed by atoms with Crippen LogP contribution in [0.5, 0.6) is 0 Å². The highest BCUT2D eigenvalue weighted by Crippen LogP contribution is 2.35. The maximum Gasteiger partial charge on any atom is 0.275 e. The smallest absolute Gasteiger partial charge is 0.275 e. The van der Waals surface area contributed by atoms with E-state index in [1.165, 1.54) is 12.8 Å². The van der Waals surface area contributed by atoms with Gasteiger partial charge in [0.1, 0.15) is 18.3 Å². The van der Waals surface area contributed by atoms with Crippen molar-refractivity contribution >= 4 is 17.6 Å². The maximum atomic E-state index is 12.7. The minimum absolute atomic E-state index is 0.0122. The first-order valence-electron chi connectivity index (χ1n) is 9.02. The Morgan fingerprint density at radius 2 is 2.12 bits per heavy atom. The number of imidazole rings is 1. The van der Waals surface area contributed by atoms with Crippen LogP contribution in [0.2, 0.25) is 0 Å². The number of H-pyrrole nitrogens is 1. The fraction of sp³-hybridized carbons (Fsp3) is 0.706. The topological polar surface area (TPSA) is 90.6 Å². The summed E-state index contributed by atoms with van der Waals surface area (Å²) in [5.41, 5.74) is 6.61. The van der Waals surface area contributed by atoms with Crippen LogP contribution in [0.15, 0.2) is 5.10 Å². The fourth-order valence-electron chi connectivity index (χ4n) is 3.34. The van der Waals surface area contributed by atoms with Gasteiger partial charge in [-0.05, 0) is 19.3 Å². The first-order valence-corrected chi connectivity index (χ1v) is 9.02. The molecular formula is C17H28N6O. The van der Waals surface area contributed by atoms with Gasteiger partial charge in [-0.3, -0.25) is 4.79 Å². The van der Waals surface area contributed by atoms with Crippen LogP contribution in [0.3, 0.4) is 0 Å². The van der Waals surface area contributed by atoms with Crippen LogP contribution < -0.4 is 10.7 Å². The number of nitrogens with two attached hydrogens (primary N) is 1. The Balaban J connectivity index is 1.97. The van der Waals surface area contributed by atoms with Gasteiger partial charge in [-0.25, -0.2) is 9.99 Å². The monoisotopic (exact) mass is 332 g/mol. The molecule has 2 aliphatic rings. The molecule has 0 bridgehead atoms. The lowest BCUT2D eigenvalue weighted by atomic mass is 10.1. The summed E-state index contributed by atoms with van der Waals surface area (Å²) in [7, 11) is 0. The van der Waals surface area contributed by atoms with Crippen molar-refractivity contribution in [2.75, 3.05) is 18.2 Å². The van der Waals surface area contributed by atoms with Crippen molar-refractivity contribution in [3.05, 3.63) is 11.5 Å². The lowest BCUT2D eigenvalue weighted by Gasteiger charge is -2.32. The lowest BCUT2D eigenvalue weighted by molar-refractivity contribution is 0.0735. The highest BCUT2D eigenvalue weighted by atomic mass is 16.2. The summed E-state index contributed by atoms with van der Waals surface area (Å²) < 4.78 is 0. The number of anilines is 1. The number of aromatic amines is 1. The molecule has 1 aliphatic heterocycles. The first-order chi connectivity index (χ1) is 11.5. The van der Waals surface area contributed by atoms with Gasteiger partial charge in [0, 0.05) is 18.4 Å². The molecule has 1 fully saturated rings. The zero-order valence-corrected chi connectivity index (χ0v) is 14.9. The molecule has 1 aromatic rings. The third kappa shape index (κ3) is 3.12. The van der Waals surface area contributed by atoms with Crippen molar-refractivity contribution in [3.8, 4) is 0 Å². The van der Waals surface area contributed by atoms with E-state index in [9.17, 15) is 4.79 Å². The number of carbonyl (C=O) groups is 1. The Kier molecular flexibility index (Phi) is 4.78. The van der Waals surface area contributed by atoms with Gasteiger partial charge in [-0.1, -0.05) is 33.6 Å². The number of hydrazone groups is 1. The molecule has 0 radical (unpaired) electrons. The molecule has 1 aromatic heterocycles.